The summed E-state index contributed by atoms with van der Waals surface area (Å²) in [5, 5.41) is 3.85. The van der Waals surface area contributed by atoms with Crippen LogP contribution in [0.3, 0.4) is 0 Å². The van der Waals surface area contributed by atoms with E-state index >= 15 is 0 Å². The van der Waals surface area contributed by atoms with Crippen molar-refractivity contribution >= 4 is 22.7 Å². The Balaban J connectivity index is 0.00000253. The zero-order valence-electron chi connectivity index (χ0n) is 20.0. The minimum Gasteiger partial charge on any atom is -0.324 e. The highest BCUT2D eigenvalue weighted by molar-refractivity contribution is 5.77. The van der Waals surface area contributed by atoms with E-state index in [1.165, 1.54) is 11.1 Å². The molecule has 0 saturated heterocycles. The number of hydrogen-bond acceptors (Lipinski definition) is 6. The molecule has 4 aromatic rings. The maximum absolute atomic E-state index is 13.3. The standard InChI is InChI=1S/C26H29N7O.H2/c1-26(2,3)21-6-5-7-22(29-21)33-23-20(24(34)32(33)19-10-11-19)13-27-25(30-23)28-18-9-8-16-14-31(4)15-17(16)12-18;/h5-9,12-13,19H,10-11,14-15H2,1-4H3,(H,27,28,30);1H. The minimum absolute atomic E-state index is 0. The number of rotatable bonds is 4. The van der Waals surface area contributed by atoms with Gasteiger partial charge in [-0.05, 0) is 55.3 Å². The molecule has 1 saturated carbocycles. The lowest BCUT2D eigenvalue weighted by atomic mass is 9.92. The van der Waals surface area contributed by atoms with E-state index in [1.807, 2.05) is 27.6 Å². The Morgan fingerprint density at radius 1 is 1.06 bits per heavy atom. The van der Waals surface area contributed by atoms with Crippen LogP contribution in [0.1, 0.15) is 57.9 Å². The molecule has 1 aliphatic carbocycles. The van der Waals surface area contributed by atoms with Crippen LogP contribution in [0.2, 0.25) is 0 Å². The van der Waals surface area contributed by atoms with Gasteiger partial charge in [-0.1, -0.05) is 32.9 Å². The molecule has 6 rings (SSSR count). The first kappa shape index (κ1) is 21.0. The molecular formula is C26H31N7O. The summed E-state index contributed by atoms with van der Waals surface area (Å²) >= 11 is 0. The minimum atomic E-state index is -0.104. The van der Waals surface area contributed by atoms with Crippen LogP contribution >= 0.6 is 0 Å². The molecular weight excluding hydrogens is 426 g/mol. The normalized spacial score (nSPS) is 16.2. The molecule has 0 spiro atoms. The van der Waals surface area contributed by atoms with E-state index in [2.05, 4.69) is 61.2 Å². The highest BCUT2D eigenvalue weighted by Gasteiger charge is 2.31. The molecule has 2 aliphatic rings. The molecule has 0 amide bonds. The van der Waals surface area contributed by atoms with Gasteiger partial charge in [-0.3, -0.25) is 9.69 Å². The van der Waals surface area contributed by atoms with Crippen molar-refractivity contribution < 1.29 is 1.43 Å². The Morgan fingerprint density at radius 2 is 1.85 bits per heavy atom. The summed E-state index contributed by atoms with van der Waals surface area (Å²) in [4.78, 5) is 29.8. The molecule has 1 fully saturated rings. The van der Waals surface area contributed by atoms with E-state index in [0.717, 1.165) is 37.3 Å². The second-order valence-electron chi connectivity index (χ2n) is 10.5. The fourth-order valence-corrected chi connectivity index (χ4v) is 4.66. The molecule has 0 bridgehead atoms. The molecule has 1 aliphatic heterocycles. The van der Waals surface area contributed by atoms with E-state index in [0.29, 0.717) is 22.8 Å². The number of nitrogens with zero attached hydrogens (tertiary/aromatic N) is 6. The third-order valence-corrected chi connectivity index (χ3v) is 6.58. The molecule has 1 aromatic carbocycles. The molecule has 34 heavy (non-hydrogen) atoms. The first-order valence-electron chi connectivity index (χ1n) is 11.8. The zero-order valence-corrected chi connectivity index (χ0v) is 20.0. The van der Waals surface area contributed by atoms with Crippen molar-refractivity contribution in [1.29, 1.82) is 0 Å². The molecule has 4 heterocycles. The molecule has 8 nitrogen and oxygen atoms in total. The summed E-state index contributed by atoms with van der Waals surface area (Å²) in [5.74, 6) is 1.17. The largest absolute Gasteiger partial charge is 0.324 e. The summed E-state index contributed by atoms with van der Waals surface area (Å²) in [5.41, 5.74) is 4.99. The van der Waals surface area contributed by atoms with Gasteiger partial charge in [0.1, 0.15) is 5.39 Å². The number of aromatic nitrogens is 5. The topological polar surface area (TPSA) is 80.9 Å². The third-order valence-electron chi connectivity index (χ3n) is 6.58. The second kappa shape index (κ2) is 7.50. The summed E-state index contributed by atoms with van der Waals surface area (Å²) in [7, 11) is 2.12. The van der Waals surface area contributed by atoms with Gasteiger partial charge in [0.15, 0.2) is 11.5 Å². The molecule has 1 N–H and O–H groups in total. The Morgan fingerprint density at radius 3 is 2.62 bits per heavy atom. The molecule has 0 unspecified atom stereocenters. The highest BCUT2D eigenvalue weighted by Crippen LogP contribution is 2.36. The number of anilines is 2. The third kappa shape index (κ3) is 3.58. The zero-order chi connectivity index (χ0) is 23.6. The van der Waals surface area contributed by atoms with E-state index in [4.69, 9.17) is 9.97 Å². The van der Waals surface area contributed by atoms with Crippen LogP contribution in [0.5, 0.6) is 0 Å². The number of fused-ring (bicyclic) bond motifs is 2. The predicted molar refractivity (Wildman–Crippen MR) is 135 cm³/mol. The lowest BCUT2D eigenvalue weighted by Gasteiger charge is -2.19. The average molecular weight is 458 g/mol. The predicted octanol–water partition coefficient (Wildman–Crippen LogP) is 4.54. The van der Waals surface area contributed by atoms with Gasteiger partial charge >= 0.3 is 0 Å². The fraction of sp³-hybridized carbons (Fsp3) is 0.385. The quantitative estimate of drug-likeness (QED) is 0.484. The van der Waals surface area contributed by atoms with E-state index in [9.17, 15) is 4.79 Å². The Bertz CT molecular complexity index is 1480. The molecule has 176 valence electrons. The van der Waals surface area contributed by atoms with Crippen molar-refractivity contribution in [1.82, 2.24) is 29.2 Å². The summed E-state index contributed by atoms with van der Waals surface area (Å²) < 4.78 is 3.69. The first-order chi connectivity index (χ1) is 16.3. The van der Waals surface area contributed by atoms with Crippen LogP contribution in [0, 0.1) is 0 Å². The molecule has 0 atom stereocenters. The SMILES string of the molecule is CN1Cc2ccc(Nc3ncc4c(=O)n(C5CC5)n(-c5cccc(C(C)(C)C)n5)c4n3)cc2C1.[HH]. The van der Waals surface area contributed by atoms with Crippen molar-refractivity contribution in [2.24, 2.45) is 0 Å². The van der Waals surface area contributed by atoms with Gasteiger partial charge in [-0.15, -0.1) is 0 Å². The number of pyridine rings is 1. The van der Waals surface area contributed by atoms with Crippen molar-refractivity contribution in [3.8, 4) is 5.82 Å². The summed E-state index contributed by atoms with van der Waals surface area (Å²) in [6.07, 6.45) is 3.60. The number of hydrogen-bond donors (Lipinski definition) is 1. The molecule has 0 radical (unpaired) electrons. The van der Waals surface area contributed by atoms with Gasteiger partial charge in [-0.25, -0.2) is 19.3 Å². The maximum Gasteiger partial charge on any atom is 0.278 e. The van der Waals surface area contributed by atoms with Crippen LogP contribution in [-0.2, 0) is 18.5 Å². The van der Waals surface area contributed by atoms with Gasteiger partial charge in [0.25, 0.3) is 5.56 Å². The van der Waals surface area contributed by atoms with E-state index in [1.54, 1.807) is 6.20 Å². The Kier molecular flexibility index (Phi) is 4.64. The fourth-order valence-electron chi connectivity index (χ4n) is 4.66. The lowest BCUT2D eigenvalue weighted by Crippen LogP contribution is -2.23. The summed E-state index contributed by atoms with van der Waals surface area (Å²) in [6.45, 7) is 8.32. The van der Waals surface area contributed by atoms with Crippen molar-refractivity contribution in [3.63, 3.8) is 0 Å². The van der Waals surface area contributed by atoms with Gasteiger partial charge in [-0.2, -0.15) is 4.98 Å². The second-order valence-corrected chi connectivity index (χ2v) is 10.5. The van der Waals surface area contributed by atoms with Crippen LogP contribution < -0.4 is 10.9 Å². The van der Waals surface area contributed by atoms with Gasteiger partial charge < -0.3 is 5.32 Å². The van der Waals surface area contributed by atoms with Crippen LogP contribution in [0.4, 0.5) is 11.6 Å². The van der Waals surface area contributed by atoms with Crippen LogP contribution in [0.15, 0.2) is 47.4 Å². The monoisotopic (exact) mass is 457 g/mol. The number of nitrogens with one attached hydrogen (secondary N) is 1. The van der Waals surface area contributed by atoms with Crippen molar-refractivity contribution in [2.75, 3.05) is 12.4 Å². The number of benzene rings is 1. The van der Waals surface area contributed by atoms with E-state index < -0.39 is 0 Å². The van der Waals surface area contributed by atoms with E-state index in [-0.39, 0.29) is 18.4 Å². The Hall–Kier alpha value is -3.52. The van der Waals surface area contributed by atoms with Gasteiger partial charge in [0.05, 0.1) is 6.04 Å². The Labute approximate surface area is 199 Å². The molecule has 3 aromatic heterocycles. The van der Waals surface area contributed by atoms with Crippen molar-refractivity contribution in [3.05, 3.63) is 69.8 Å². The highest BCUT2D eigenvalue weighted by atomic mass is 16.1. The smallest absolute Gasteiger partial charge is 0.278 e. The van der Waals surface area contributed by atoms with Crippen LogP contribution in [-0.4, -0.2) is 36.3 Å². The first-order valence-corrected chi connectivity index (χ1v) is 11.8. The van der Waals surface area contributed by atoms with Gasteiger partial charge in [0.2, 0.25) is 5.95 Å². The summed E-state index contributed by atoms with van der Waals surface area (Å²) in [6, 6.07) is 12.5. The van der Waals surface area contributed by atoms with Crippen molar-refractivity contribution in [2.45, 2.75) is 58.2 Å². The maximum atomic E-state index is 13.3. The average Bonchev–Trinajstić information content (AvgIpc) is 3.50. The van der Waals surface area contributed by atoms with Gasteiger partial charge in [0, 0.05) is 37.5 Å². The van der Waals surface area contributed by atoms with Crippen LogP contribution in [0.25, 0.3) is 16.9 Å². The molecule has 8 heteroatoms. The lowest BCUT2D eigenvalue weighted by molar-refractivity contribution is 0.353.